The monoisotopic (exact) mass is 336 g/mol. The summed E-state index contributed by atoms with van der Waals surface area (Å²) in [6.45, 7) is 0. The number of methoxy groups -OCH3 is 1. The molecular weight excluding hydrogens is 324 g/mol. The van der Waals surface area contributed by atoms with Crippen LogP contribution >= 0.6 is 11.6 Å². The van der Waals surface area contributed by atoms with Gasteiger partial charge in [-0.15, -0.1) is 0 Å². The molecule has 24 heavy (non-hydrogen) atoms. The minimum Gasteiger partial charge on any atom is -0.494 e. The van der Waals surface area contributed by atoms with E-state index in [1.807, 2.05) is 24.3 Å². The van der Waals surface area contributed by atoms with Gasteiger partial charge in [0, 0.05) is 10.6 Å². The van der Waals surface area contributed by atoms with Crippen LogP contribution in [0.2, 0.25) is 5.02 Å². The lowest BCUT2D eigenvalue weighted by atomic mass is 10.1. The SMILES string of the molecule is COc1ccc(Cl)cc1N=Cc1ccc(-c2ccc(C#N)cc2)o1. The molecule has 0 saturated heterocycles. The lowest BCUT2D eigenvalue weighted by molar-refractivity contribution is 0.416. The first-order valence-electron chi connectivity index (χ1n) is 7.17. The number of benzene rings is 2. The van der Waals surface area contributed by atoms with E-state index >= 15 is 0 Å². The molecule has 0 amide bonds. The number of nitrogens with zero attached hydrogens (tertiary/aromatic N) is 2. The number of ether oxygens (including phenoxy) is 1. The maximum absolute atomic E-state index is 8.83. The number of aliphatic imine (C=N–C) groups is 1. The summed E-state index contributed by atoms with van der Waals surface area (Å²) in [4.78, 5) is 4.37. The molecule has 1 aromatic heterocycles. The van der Waals surface area contributed by atoms with Crippen LogP contribution in [0.4, 0.5) is 5.69 Å². The summed E-state index contributed by atoms with van der Waals surface area (Å²) in [6.07, 6.45) is 1.61. The van der Waals surface area contributed by atoms with Crippen molar-refractivity contribution < 1.29 is 9.15 Å². The lowest BCUT2D eigenvalue weighted by Crippen LogP contribution is -1.83. The third-order valence-corrected chi connectivity index (χ3v) is 3.63. The highest BCUT2D eigenvalue weighted by Crippen LogP contribution is 2.30. The first kappa shape index (κ1) is 15.9. The third kappa shape index (κ3) is 3.48. The minimum absolute atomic E-state index is 0.584. The Morgan fingerprint density at radius 1 is 1.12 bits per heavy atom. The van der Waals surface area contributed by atoms with Crippen molar-refractivity contribution in [3.05, 3.63) is 70.9 Å². The highest BCUT2D eigenvalue weighted by molar-refractivity contribution is 6.30. The lowest BCUT2D eigenvalue weighted by Gasteiger charge is -2.03. The molecule has 0 bridgehead atoms. The van der Waals surface area contributed by atoms with Crippen molar-refractivity contribution >= 4 is 23.5 Å². The second-order valence-corrected chi connectivity index (χ2v) is 5.40. The largest absolute Gasteiger partial charge is 0.494 e. The summed E-state index contributed by atoms with van der Waals surface area (Å²) >= 11 is 5.99. The van der Waals surface area contributed by atoms with Crippen molar-refractivity contribution in [3.8, 4) is 23.1 Å². The molecule has 0 unspecified atom stereocenters. The molecule has 4 nitrogen and oxygen atoms in total. The molecule has 0 aliphatic rings. The Hall–Kier alpha value is -3.03. The van der Waals surface area contributed by atoms with Crippen LogP contribution in [0.5, 0.6) is 5.75 Å². The van der Waals surface area contributed by atoms with Gasteiger partial charge in [-0.2, -0.15) is 5.26 Å². The van der Waals surface area contributed by atoms with Crippen LogP contribution in [0.1, 0.15) is 11.3 Å². The van der Waals surface area contributed by atoms with Gasteiger partial charge in [0.1, 0.15) is 23.0 Å². The predicted molar refractivity (Wildman–Crippen MR) is 94.1 cm³/mol. The standard InChI is InChI=1S/C19H13ClN2O2/c1-23-19-8-6-15(20)10-17(19)22-12-16-7-9-18(24-16)14-4-2-13(11-21)3-5-14/h2-10,12H,1H3. The Morgan fingerprint density at radius 3 is 2.62 bits per heavy atom. The third-order valence-electron chi connectivity index (χ3n) is 3.40. The second kappa shape index (κ2) is 7.03. The van der Waals surface area contributed by atoms with Gasteiger partial charge in [-0.25, -0.2) is 4.99 Å². The van der Waals surface area contributed by atoms with E-state index in [1.54, 1.807) is 43.7 Å². The average Bonchev–Trinajstić information content (AvgIpc) is 3.09. The molecule has 5 heteroatoms. The van der Waals surface area contributed by atoms with Crippen LogP contribution in [0, 0.1) is 11.3 Å². The first-order valence-corrected chi connectivity index (χ1v) is 7.55. The Labute approximate surface area is 144 Å². The molecular formula is C19H13ClN2O2. The van der Waals surface area contributed by atoms with Gasteiger partial charge >= 0.3 is 0 Å². The van der Waals surface area contributed by atoms with Crippen molar-refractivity contribution in [2.75, 3.05) is 7.11 Å². The highest BCUT2D eigenvalue weighted by Gasteiger charge is 2.05. The van der Waals surface area contributed by atoms with E-state index < -0.39 is 0 Å². The molecule has 0 aliphatic heterocycles. The van der Waals surface area contributed by atoms with Crippen LogP contribution in [0.15, 0.2) is 64.0 Å². The van der Waals surface area contributed by atoms with Crippen LogP contribution in [0.25, 0.3) is 11.3 Å². The van der Waals surface area contributed by atoms with Gasteiger partial charge in [0.15, 0.2) is 0 Å². The van der Waals surface area contributed by atoms with Crippen molar-refractivity contribution in [3.63, 3.8) is 0 Å². The Morgan fingerprint density at radius 2 is 1.92 bits per heavy atom. The van der Waals surface area contributed by atoms with Gasteiger partial charge in [0.2, 0.25) is 0 Å². The van der Waals surface area contributed by atoms with Gasteiger partial charge in [-0.3, -0.25) is 0 Å². The number of halogens is 1. The van der Waals surface area contributed by atoms with Crippen LogP contribution in [0.3, 0.4) is 0 Å². The fourth-order valence-corrected chi connectivity index (χ4v) is 2.35. The van der Waals surface area contributed by atoms with Gasteiger partial charge in [0.05, 0.1) is 25.0 Å². The smallest absolute Gasteiger partial charge is 0.145 e. The van der Waals surface area contributed by atoms with Gasteiger partial charge in [-0.1, -0.05) is 11.6 Å². The second-order valence-electron chi connectivity index (χ2n) is 4.97. The number of hydrogen-bond donors (Lipinski definition) is 0. The molecule has 3 aromatic rings. The fraction of sp³-hybridized carbons (Fsp3) is 0.0526. The summed E-state index contributed by atoms with van der Waals surface area (Å²) in [7, 11) is 1.58. The zero-order chi connectivity index (χ0) is 16.9. The maximum atomic E-state index is 8.83. The zero-order valence-corrected chi connectivity index (χ0v) is 13.6. The molecule has 0 aliphatic carbocycles. The van der Waals surface area contributed by atoms with E-state index in [9.17, 15) is 0 Å². The van der Waals surface area contributed by atoms with E-state index in [1.165, 1.54) is 0 Å². The average molecular weight is 337 g/mol. The van der Waals surface area contributed by atoms with Crippen LogP contribution in [-0.2, 0) is 0 Å². The number of furan rings is 1. The summed E-state index contributed by atoms with van der Waals surface area (Å²) in [5, 5.41) is 9.42. The number of rotatable bonds is 4. The van der Waals surface area contributed by atoms with E-state index in [4.69, 9.17) is 26.0 Å². The topological polar surface area (TPSA) is 58.5 Å². The first-order chi connectivity index (χ1) is 11.7. The van der Waals surface area contributed by atoms with E-state index in [-0.39, 0.29) is 0 Å². The summed E-state index contributed by atoms with van der Waals surface area (Å²) < 4.78 is 11.0. The normalized spacial score (nSPS) is 10.7. The molecule has 0 N–H and O–H groups in total. The molecule has 3 rings (SSSR count). The van der Waals surface area contributed by atoms with Gasteiger partial charge in [-0.05, 0) is 54.6 Å². The Balaban J connectivity index is 1.83. The molecule has 1 heterocycles. The van der Waals surface area contributed by atoms with Crippen molar-refractivity contribution in [1.82, 2.24) is 0 Å². The molecule has 0 fully saturated rings. The van der Waals surface area contributed by atoms with Crippen molar-refractivity contribution in [2.45, 2.75) is 0 Å². The molecule has 2 aromatic carbocycles. The summed E-state index contributed by atoms with van der Waals surface area (Å²) in [6, 6.07) is 18.2. The summed E-state index contributed by atoms with van der Waals surface area (Å²) in [5.41, 5.74) is 2.13. The molecule has 0 atom stereocenters. The Bertz CT molecular complexity index is 921. The van der Waals surface area contributed by atoms with E-state index in [2.05, 4.69) is 11.1 Å². The molecule has 118 valence electrons. The molecule has 0 radical (unpaired) electrons. The summed E-state index contributed by atoms with van der Waals surface area (Å²) in [5.74, 6) is 1.95. The maximum Gasteiger partial charge on any atom is 0.145 e. The van der Waals surface area contributed by atoms with Gasteiger partial charge < -0.3 is 9.15 Å². The van der Waals surface area contributed by atoms with Crippen LogP contribution < -0.4 is 4.74 Å². The number of hydrogen-bond acceptors (Lipinski definition) is 4. The van der Waals surface area contributed by atoms with E-state index in [0.717, 1.165) is 5.56 Å². The Kier molecular flexibility index (Phi) is 4.64. The highest BCUT2D eigenvalue weighted by atomic mass is 35.5. The van der Waals surface area contributed by atoms with E-state index in [0.29, 0.717) is 33.5 Å². The van der Waals surface area contributed by atoms with Crippen molar-refractivity contribution in [2.24, 2.45) is 4.99 Å². The quantitative estimate of drug-likeness (QED) is 0.613. The van der Waals surface area contributed by atoms with Crippen LogP contribution in [-0.4, -0.2) is 13.3 Å². The minimum atomic E-state index is 0.584. The zero-order valence-electron chi connectivity index (χ0n) is 12.9. The molecule has 0 spiro atoms. The molecule has 0 saturated carbocycles. The number of nitriles is 1. The van der Waals surface area contributed by atoms with Gasteiger partial charge in [0.25, 0.3) is 0 Å². The fourth-order valence-electron chi connectivity index (χ4n) is 2.18. The predicted octanol–water partition coefficient (Wildman–Crippen LogP) is 5.23. The van der Waals surface area contributed by atoms with Crippen molar-refractivity contribution in [1.29, 1.82) is 5.26 Å².